The van der Waals surface area contributed by atoms with E-state index >= 15 is 0 Å². The Labute approximate surface area is 91.4 Å². The van der Waals surface area contributed by atoms with Gasteiger partial charge < -0.3 is 21.3 Å². The van der Waals surface area contributed by atoms with E-state index < -0.39 is 11.9 Å². The molecule has 0 aromatic heterocycles. The van der Waals surface area contributed by atoms with Gasteiger partial charge in [0, 0.05) is 19.1 Å². The molecule has 1 amide bonds. The third-order valence-electron chi connectivity index (χ3n) is 3.07. The van der Waals surface area contributed by atoms with Gasteiger partial charge in [-0.25, -0.2) is 0 Å². The maximum atomic E-state index is 10.8. The Morgan fingerprint density at radius 2 is 2.33 bits per heavy atom. The molecule has 1 saturated heterocycles. The van der Waals surface area contributed by atoms with Gasteiger partial charge in [0.25, 0.3) is 0 Å². The van der Waals surface area contributed by atoms with Gasteiger partial charge in [-0.05, 0) is 33.5 Å². The fourth-order valence-corrected chi connectivity index (χ4v) is 2.07. The number of hydrogen-bond acceptors (Lipinski definition) is 4. The molecule has 1 heterocycles. The van der Waals surface area contributed by atoms with E-state index in [4.69, 9.17) is 11.5 Å². The first-order valence-corrected chi connectivity index (χ1v) is 5.44. The van der Waals surface area contributed by atoms with Crippen LogP contribution in [-0.4, -0.2) is 61.5 Å². The Balaban J connectivity index is 2.29. The zero-order valence-electron chi connectivity index (χ0n) is 9.65. The van der Waals surface area contributed by atoms with Crippen molar-refractivity contribution in [3.8, 4) is 0 Å². The van der Waals surface area contributed by atoms with E-state index in [1.807, 2.05) is 7.05 Å². The summed E-state index contributed by atoms with van der Waals surface area (Å²) in [5, 5.41) is 0. The number of primary amides is 1. The normalized spacial score (nSPS) is 24.7. The summed E-state index contributed by atoms with van der Waals surface area (Å²) in [6.45, 7) is 2.66. The van der Waals surface area contributed by atoms with Crippen molar-refractivity contribution in [3.63, 3.8) is 0 Å². The average Bonchev–Trinajstić information content (AvgIpc) is 2.51. The molecule has 0 bridgehead atoms. The summed E-state index contributed by atoms with van der Waals surface area (Å²) in [6.07, 6.45) is 2.49. The van der Waals surface area contributed by atoms with E-state index in [9.17, 15) is 4.79 Å². The predicted molar refractivity (Wildman–Crippen MR) is 60.3 cm³/mol. The molecule has 0 radical (unpaired) electrons. The van der Waals surface area contributed by atoms with Crippen molar-refractivity contribution in [1.29, 1.82) is 0 Å². The molecule has 2 unspecified atom stereocenters. The van der Waals surface area contributed by atoms with Gasteiger partial charge in [-0.2, -0.15) is 0 Å². The van der Waals surface area contributed by atoms with E-state index in [1.54, 1.807) is 0 Å². The van der Waals surface area contributed by atoms with Crippen molar-refractivity contribution in [3.05, 3.63) is 0 Å². The highest BCUT2D eigenvalue weighted by atomic mass is 16.1. The van der Waals surface area contributed by atoms with Gasteiger partial charge in [-0.1, -0.05) is 0 Å². The standard InChI is InChI=1S/C10H22N4O/c1-13(7-9(11)10(12)15)6-8-4-3-5-14(8)2/h8-9H,3-7,11H2,1-2H3,(H2,12,15). The van der Waals surface area contributed by atoms with Crippen LogP contribution in [0.3, 0.4) is 0 Å². The summed E-state index contributed by atoms with van der Waals surface area (Å²) in [5.74, 6) is -0.429. The van der Waals surface area contributed by atoms with Gasteiger partial charge in [-0.3, -0.25) is 4.79 Å². The topological polar surface area (TPSA) is 75.6 Å². The first kappa shape index (κ1) is 12.4. The van der Waals surface area contributed by atoms with Crippen LogP contribution in [-0.2, 0) is 4.79 Å². The number of likely N-dealkylation sites (N-methyl/N-ethyl adjacent to an activating group) is 2. The summed E-state index contributed by atoms with van der Waals surface area (Å²) >= 11 is 0. The molecule has 0 spiro atoms. The zero-order valence-corrected chi connectivity index (χ0v) is 9.65. The monoisotopic (exact) mass is 214 g/mol. The summed E-state index contributed by atoms with van der Waals surface area (Å²) in [4.78, 5) is 15.2. The minimum Gasteiger partial charge on any atom is -0.368 e. The van der Waals surface area contributed by atoms with Crippen molar-refractivity contribution < 1.29 is 4.79 Å². The summed E-state index contributed by atoms with van der Waals surface area (Å²) in [5.41, 5.74) is 10.7. The quantitative estimate of drug-likeness (QED) is 0.604. The number of nitrogens with two attached hydrogens (primary N) is 2. The van der Waals surface area contributed by atoms with Crippen LogP contribution in [0.15, 0.2) is 0 Å². The number of amides is 1. The first-order valence-electron chi connectivity index (χ1n) is 5.44. The molecule has 0 saturated carbocycles. The van der Waals surface area contributed by atoms with Crippen LogP contribution in [0.2, 0.25) is 0 Å². The fourth-order valence-electron chi connectivity index (χ4n) is 2.07. The minimum atomic E-state index is -0.554. The van der Waals surface area contributed by atoms with Crippen LogP contribution in [0, 0.1) is 0 Å². The number of hydrogen-bond donors (Lipinski definition) is 2. The molecule has 0 aliphatic carbocycles. The molecular weight excluding hydrogens is 192 g/mol. The van der Waals surface area contributed by atoms with Gasteiger partial charge >= 0.3 is 0 Å². The van der Waals surface area contributed by atoms with Crippen LogP contribution in [0.5, 0.6) is 0 Å². The molecular formula is C10H22N4O. The Hall–Kier alpha value is -0.650. The van der Waals surface area contributed by atoms with Crippen LogP contribution < -0.4 is 11.5 Å². The first-order chi connectivity index (χ1) is 7.00. The number of likely N-dealkylation sites (tertiary alicyclic amines) is 1. The summed E-state index contributed by atoms with van der Waals surface area (Å²) in [7, 11) is 4.12. The van der Waals surface area contributed by atoms with Crippen LogP contribution in [0.25, 0.3) is 0 Å². The van der Waals surface area contributed by atoms with Gasteiger partial charge in [-0.15, -0.1) is 0 Å². The molecule has 0 aromatic rings. The van der Waals surface area contributed by atoms with Crippen molar-refractivity contribution >= 4 is 5.91 Å². The molecule has 5 heteroatoms. The molecule has 4 N–H and O–H groups in total. The van der Waals surface area contributed by atoms with E-state index in [0.29, 0.717) is 12.6 Å². The van der Waals surface area contributed by atoms with Gasteiger partial charge in [0.2, 0.25) is 5.91 Å². The maximum absolute atomic E-state index is 10.8. The molecule has 1 aliphatic heterocycles. The lowest BCUT2D eigenvalue weighted by molar-refractivity contribution is -0.119. The van der Waals surface area contributed by atoms with E-state index in [2.05, 4.69) is 16.8 Å². The Kier molecular flexibility index (Phi) is 4.50. The van der Waals surface area contributed by atoms with Crippen molar-refractivity contribution in [2.45, 2.75) is 24.9 Å². The Morgan fingerprint density at radius 1 is 1.67 bits per heavy atom. The molecule has 5 nitrogen and oxygen atoms in total. The number of rotatable bonds is 5. The van der Waals surface area contributed by atoms with Crippen molar-refractivity contribution in [2.24, 2.45) is 11.5 Å². The van der Waals surface area contributed by atoms with Crippen molar-refractivity contribution in [2.75, 3.05) is 33.7 Å². The smallest absolute Gasteiger partial charge is 0.235 e. The minimum absolute atomic E-state index is 0.429. The molecule has 2 atom stereocenters. The maximum Gasteiger partial charge on any atom is 0.235 e. The van der Waals surface area contributed by atoms with Gasteiger partial charge in [0.05, 0.1) is 6.04 Å². The van der Waals surface area contributed by atoms with Crippen molar-refractivity contribution in [1.82, 2.24) is 9.80 Å². The lowest BCUT2D eigenvalue weighted by Crippen LogP contribution is -2.47. The van der Waals surface area contributed by atoms with Crippen LogP contribution in [0.4, 0.5) is 0 Å². The largest absolute Gasteiger partial charge is 0.368 e. The highest BCUT2D eigenvalue weighted by molar-refractivity contribution is 5.79. The SMILES string of the molecule is CN(CC(N)C(N)=O)CC1CCCN1C. The zero-order chi connectivity index (χ0) is 11.4. The fraction of sp³-hybridized carbons (Fsp3) is 0.900. The number of nitrogens with zero attached hydrogens (tertiary/aromatic N) is 2. The van der Waals surface area contributed by atoms with Gasteiger partial charge in [0.1, 0.15) is 0 Å². The molecule has 0 aromatic carbocycles. The lowest BCUT2D eigenvalue weighted by atomic mass is 10.2. The third kappa shape index (κ3) is 3.77. The van der Waals surface area contributed by atoms with E-state index in [1.165, 1.54) is 19.4 Å². The number of carbonyl (C=O) groups is 1. The highest BCUT2D eigenvalue weighted by Gasteiger charge is 2.23. The number of carbonyl (C=O) groups excluding carboxylic acids is 1. The molecule has 88 valence electrons. The Bertz CT molecular complexity index is 221. The Morgan fingerprint density at radius 3 is 2.80 bits per heavy atom. The predicted octanol–water partition coefficient (Wildman–Crippen LogP) is -1.17. The van der Waals surface area contributed by atoms with Gasteiger partial charge in [0.15, 0.2) is 0 Å². The second-order valence-electron chi connectivity index (χ2n) is 4.51. The molecule has 15 heavy (non-hydrogen) atoms. The second-order valence-corrected chi connectivity index (χ2v) is 4.51. The molecule has 1 fully saturated rings. The van der Waals surface area contributed by atoms with E-state index in [0.717, 1.165) is 6.54 Å². The second kappa shape index (κ2) is 5.44. The summed E-state index contributed by atoms with van der Waals surface area (Å²) < 4.78 is 0. The third-order valence-corrected chi connectivity index (χ3v) is 3.07. The average molecular weight is 214 g/mol. The molecule has 1 rings (SSSR count). The highest BCUT2D eigenvalue weighted by Crippen LogP contribution is 2.15. The van der Waals surface area contributed by atoms with Crippen LogP contribution >= 0.6 is 0 Å². The lowest BCUT2D eigenvalue weighted by Gasteiger charge is -2.26. The van der Waals surface area contributed by atoms with E-state index in [-0.39, 0.29) is 0 Å². The summed E-state index contributed by atoms with van der Waals surface area (Å²) in [6, 6.07) is 0.0387. The molecule has 1 aliphatic rings. The van der Waals surface area contributed by atoms with Crippen LogP contribution in [0.1, 0.15) is 12.8 Å².